The third kappa shape index (κ3) is 2.87. The summed E-state index contributed by atoms with van der Waals surface area (Å²) in [5, 5.41) is 5.55. The molecule has 2 rings (SSSR count). The third-order valence-corrected chi connectivity index (χ3v) is 2.66. The van der Waals surface area contributed by atoms with Gasteiger partial charge in [-0.15, -0.1) is 0 Å². The van der Waals surface area contributed by atoms with E-state index in [9.17, 15) is 13.6 Å². The second kappa shape index (κ2) is 5.31. The number of amides is 1. The number of hydrogen-bond acceptors (Lipinski definition) is 4. The van der Waals surface area contributed by atoms with Crippen molar-refractivity contribution in [2.75, 3.05) is 0 Å². The molecular weight excluding hydrogens is 280 g/mol. The van der Waals surface area contributed by atoms with Gasteiger partial charge in [0.25, 0.3) is 5.91 Å². The van der Waals surface area contributed by atoms with Crippen molar-refractivity contribution in [3.63, 3.8) is 0 Å². The van der Waals surface area contributed by atoms with Crippen molar-refractivity contribution in [3.8, 4) is 0 Å². The Morgan fingerprint density at radius 2 is 2.16 bits per heavy atom. The molecule has 0 radical (unpaired) electrons. The van der Waals surface area contributed by atoms with Crippen LogP contribution in [0, 0.1) is 11.6 Å². The molecule has 100 valence electrons. The zero-order valence-corrected chi connectivity index (χ0v) is 10.4. The number of hydrogen-bond donors (Lipinski definition) is 1. The van der Waals surface area contributed by atoms with Crippen LogP contribution >= 0.6 is 11.6 Å². The van der Waals surface area contributed by atoms with Gasteiger partial charge >= 0.3 is 0 Å². The average molecular weight is 288 g/mol. The second-order valence-electron chi connectivity index (χ2n) is 3.73. The Balaban J connectivity index is 2.19. The summed E-state index contributed by atoms with van der Waals surface area (Å²) < 4.78 is 31.2. The maximum Gasteiger partial charge on any atom is 0.254 e. The standard InChI is InChI=1S/C11H8ClF2N3O2/c1-5(10-15-4-19-17-10)16-11(18)6-2-9(14)7(12)3-8(6)13/h2-5H,1H3,(H,16,18)/t5-/m0/s1. The zero-order valence-electron chi connectivity index (χ0n) is 9.65. The van der Waals surface area contributed by atoms with Crippen LogP contribution in [0.2, 0.25) is 5.02 Å². The van der Waals surface area contributed by atoms with Gasteiger partial charge in [0.15, 0.2) is 5.82 Å². The van der Waals surface area contributed by atoms with Crippen molar-refractivity contribution < 1.29 is 18.1 Å². The Morgan fingerprint density at radius 3 is 2.79 bits per heavy atom. The molecule has 1 heterocycles. The van der Waals surface area contributed by atoms with Crippen LogP contribution in [0.1, 0.15) is 29.1 Å². The van der Waals surface area contributed by atoms with Gasteiger partial charge in [0.2, 0.25) is 6.39 Å². The summed E-state index contributed by atoms with van der Waals surface area (Å²) >= 11 is 5.40. The van der Waals surface area contributed by atoms with Gasteiger partial charge in [-0.1, -0.05) is 16.8 Å². The normalized spacial score (nSPS) is 12.2. The first-order valence-corrected chi connectivity index (χ1v) is 5.58. The average Bonchev–Trinajstić information content (AvgIpc) is 2.87. The van der Waals surface area contributed by atoms with E-state index in [1.54, 1.807) is 6.92 Å². The van der Waals surface area contributed by atoms with Crippen LogP contribution in [0.15, 0.2) is 23.0 Å². The lowest BCUT2D eigenvalue weighted by molar-refractivity contribution is 0.0933. The van der Waals surface area contributed by atoms with Crippen LogP contribution in [0.5, 0.6) is 0 Å². The predicted molar refractivity (Wildman–Crippen MR) is 61.5 cm³/mol. The fraction of sp³-hybridized carbons (Fsp3) is 0.182. The number of benzene rings is 1. The Bertz CT molecular complexity index is 604. The Morgan fingerprint density at radius 1 is 1.42 bits per heavy atom. The first-order chi connectivity index (χ1) is 8.99. The molecule has 0 aliphatic rings. The molecule has 1 N–H and O–H groups in total. The molecule has 0 spiro atoms. The maximum absolute atomic E-state index is 13.5. The minimum Gasteiger partial charge on any atom is -0.343 e. The van der Waals surface area contributed by atoms with Gasteiger partial charge in [0.1, 0.15) is 11.6 Å². The smallest absolute Gasteiger partial charge is 0.254 e. The lowest BCUT2D eigenvalue weighted by Gasteiger charge is -2.10. The van der Waals surface area contributed by atoms with Crippen LogP contribution in [-0.4, -0.2) is 16.0 Å². The highest BCUT2D eigenvalue weighted by molar-refractivity contribution is 6.30. The van der Waals surface area contributed by atoms with Gasteiger partial charge in [0, 0.05) is 0 Å². The molecule has 0 aliphatic heterocycles. The van der Waals surface area contributed by atoms with Gasteiger partial charge in [-0.3, -0.25) is 4.79 Å². The Kier molecular flexibility index (Phi) is 3.75. The summed E-state index contributed by atoms with van der Waals surface area (Å²) in [4.78, 5) is 15.5. The maximum atomic E-state index is 13.5. The zero-order chi connectivity index (χ0) is 14.0. The lowest BCUT2D eigenvalue weighted by Crippen LogP contribution is -2.28. The van der Waals surface area contributed by atoms with Crippen molar-refractivity contribution >= 4 is 17.5 Å². The van der Waals surface area contributed by atoms with Crippen molar-refractivity contribution in [2.24, 2.45) is 0 Å². The first kappa shape index (κ1) is 13.4. The van der Waals surface area contributed by atoms with E-state index in [-0.39, 0.29) is 10.8 Å². The third-order valence-electron chi connectivity index (χ3n) is 2.37. The van der Waals surface area contributed by atoms with Gasteiger partial charge < -0.3 is 9.84 Å². The molecule has 1 atom stereocenters. The summed E-state index contributed by atoms with van der Waals surface area (Å²) in [6.07, 6.45) is 1.10. The molecule has 0 unspecified atom stereocenters. The highest BCUT2D eigenvalue weighted by Crippen LogP contribution is 2.20. The van der Waals surface area contributed by atoms with Crippen molar-refractivity contribution in [1.82, 2.24) is 15.5 Å². The summed E-state index contributed by atoms with van der Waals surface area (Å²) in [6, 6.07) is 0.866. The highest BCUT2D eigenvalue weighted by Gasteiger charge is 2.19. The van der Waals surface area contributed by atoms with Crippen LogP contribution in [0.3, 0.4) is 0 Å². The number of aromatic nitrogens is 2. The molecule has 0 saturated carbocycles. The van der Waals surface area contributed by atoms with Crippen molar-refractivity contribution in [2.45, 2.75) is 13.0 Å². The van der Waals surface area contributed by atoms with Crippen LogP contribution in [0.25, 0.3) is 0 Å². The fourth-order valence-corrected chi connectivity index (χ4v) is 1.56. The SMILES string of the molecule is C[C@H](NC(=O)c1cc(F)c(Cl)cc1F)c1ncon1. The van der Waals surface area contributed by atoms with E-state index < -0.39 is 29.1 Å². The number of halogens is 3. The van der Waals surface area contributed by atoms with E-state index in [0.717, 1.165) is 18.5 Å². The van der Waals surface area contributed by atoms with Crippen LogP contribution in [0.4, 0.5) is 8.78 Å². The lowest BCUT2D eigenvalue weighted by atomic mass is 10.1. The molecule has 1 aromatic heterocycles. The minimum atomic E-state index is -0.913. The minimum absolute atomic E-state index is 0.225. The fourth-order valence-electron chi connectivity index (χ4n) is 1.41. The molecule has 19 heavy (non-hydrogen) atoms. The van der Waals surface area contributed by atoms with E-state index in [2.05, 4.69) is 20.0 Å². The monoisotopic (exact) mass is 287 g/mol. The molecule has 0 bridgehead atoms. The van der Waals surface area contributed by atoms with Gasteiger partial charge in [0.05, 0.1) is 16.6 Å². The topological polar surface area (TPSA) is 68.0 Å². The van der Waals surface area contributed by atoms with Crippen LogP contribution in [-0.2, 0) is 0 Å². The summed E-state index contributed by atoms with van der Waals surface area (Å²) in [5.74, 6) is -2.36. The quantitative estimate of drug-likeness (QED) is 0.881. The predicted octanol–water partition coefficient (Wildman–Crippen LogP) is 2.49. The molecule has 1 amide bonds. The second-order valence-corrected chi connectivity index (χ2v) is 4.14. The summed E-state index contributed by atoms with van der Waals surface area (Å²) in [5.41, 5.74) is -0.447. The highest BCUT2D eigenvalue weighted by atomic mass is 35.5. The number of rotatable bonds is 3. The molecule has 2 aromatic rings. The molecule has 5 nitrogen and oxygen atoms in total. The largest absolute Gasteiger partial charge is 0.343 e. The first-order valence-electron chi connectivity index (χ1n) is 5.20. The van der Waals surface area contributed by atoms with E-state index in [0.29, 0.717) is 0 Å². The van der Waals surface area contributed by atoms with Gasteiger partial charge in [-0.25, -0.2) is 8.78 Å². The number of nitrogens with zero attached hydrogens (tertiary/aromatic N) is 2. The van der Waals surface area contributed by atoms with Crippen molar-refractivity contribution in [3.05, 3.63) is 46.6 Å². The molecule has 0 aliphatic carbocycles. The number of nitrogens with one attached hydrogen (secondary N) is 1. The molecular formula is C11H8ClF2N3O2. The summed E-state index contributed by atoms with van der Waals surface area (Å²) in [6.45, 7) is 1.58. The van der Waals surface area contributed by atoms with E-state index >= 15 is 0 Å². The number of carbonyl (C=O) groups is 1. The van der Waals surface area contributed by atoms with Gasteiger partial charge in [-0.2, -0.15) is 4.98 Å². The molecule has 0 saturated heterocycles. The van der Waals surface area contributed by atoms with Crippen molar-refractivity contribution in [1.29, 1.82) is 0 Å². The van der Waals surface area contributed by atoms with E-state index in [1.807, 2.05) is 0 Å². The van der Waals surface area contributed by atoms with E-state index in [1.165, 1.54) is 0 Å². The molecule has 1 aromatic carbocycles. The molecule has 8 heteroatoms. The Labute approximate surface area is 111 Å². The van der Waals surface area contributed by atoms with Gasteiger partial charge in [-0.05, 0) is 19.1 Å². The van der Waals surface area contributed by atoms with E-state index in [4.69, 9.17) is 11.6 Å². The number of carbonyl (C=O) groups excluding carboxylic acids is 1. The Hall–Kier alpha value is -2.02. The molecule has 0 fully saturated rings. The van der Waals surface area contributed by atoms with Crippen LogP contribution < -0.4 is 5.32 Å². The summed E-state index contributed by atoms with van der Waals surface area (Å²) in [7, 11) is 0.